The number of benzene rings is 1. The zero-order valence-electron chi connectivity index (χ0n) is 15.0. The largest absolute Gasteiger partial charge is 0.454 e. The van der Waals surface area contributed by atoms with E-state index < -0.39 is 0 Å². The van der Waals surface area contributed by atoms with Gasteiger partial charge in [-0.05, 0) is 23.8 Å². The van der Waals surface area contributed by atoms with Gasteiger partial charge in [0.15, 0.2) is 17.3 Å². The second-order valence-electron chi connectivity index (χ2n) is 6.88. The molecule has 0 atom stereocenters. The monoisotopic (exact) mass is 370 g/mol. The van der Waals surface area contributed by atoms with Crippen molar-refractivity contribution in [3.63, 3.8) is 0 Å². The van der Waals surface area contributed by atoms with Crippen molar-refractivity contribution in [1.29, 1.82) is 0 Å². The predicted octanol–water partition coefficient (Wildman–Crippen LogP) is 2.16. The Hall–Kier alpha value is -2.58. The smallest absolute Gasteiger partial charge is 0.231 e. The molecule has 0 unspecified atom stereocenters. The lowest BCUT2D eigenvalue weighted by Crippen LogP contribution is -2.45. The van der Waals surface area contributed by atoms with Crippen LogP contribution in [0.25, 0.3) is 0 Å². The van der Waals surface area contributed by atoms with E-state index in [1.807, 2.05) is 24.3 Å². The highest BCUT2D eigenvalue weighted by Crippen LogP contribution is 2.33. The van der Waals surface area contributed by atoms with E-state index in [0.29, 0.717) is 19.8 Å². The fourth-order valence-corrected chi connectivity index (χ4v) is 3.68. The van der Waals surface area contributed by atoms with Crippen molar-refractivity contribution in [2.24, 2.45) is 0 Å². The molecule has 1 aromatic carbocycles. The summed E-state index contributed by atoms with van der Waals surface area (Å²) in [5.41, 5.74) is 1.11. The Morgan fingerprint density at radius 3 is 2.70 bits per heavy atom. The minimum Gasteiger partial charge on any atom is -0.454 e. The van der Waals surface area contributed by atoms with E-state index in [9.17, 15) is 0 Å². The Balaban J connectivity index is 1.22. The van der Waals surface area contributed by atoms with Gasteiger partial charge in [-0.3, -0.25) is 0 Å². The first-order chi connectivity index (χ1) is 13.3. The van der Waals surface area contributed by atoms with Gasteiger partial charge in [0.05, 0.1) is 13.2 Å². The van der Waals surface area contributed by atoms with Crippen LogP contribution >= 0.6 is 0 Å². The minimum absolute atomic E-state index is 0.286. The topological polar surface area (TPSA) is 78.0 Å². The molecule has 5 rings (SSSR count). The third-order valence-electron chi connectivity index (χ3n) is 5.18. The van der Waals surface area contributed by atoms with Crippen molar-refractivity contribution in [3.8, 4) is 11.5 Å². The molecular formula is C19H22N4O4. The van der Waals surface area contributed by atoms with Crippen molar-refractivity contribution in [2.75, 3.05) is 43.3 Å². The predicted molar refractivity (Wildman–Crippen MR) is 98.0 cm³/mol. The van der Waals surface area contributed by atoms with Gasteiger partial charge < -0.3 is 29.2 Å². The molecule has 0 amide bonds. The lowest BCUT2D eigenvalue weighted by molar-refractivity contribution is -0.169. The van der Waals surface area contributed by atoms with E-state index in [-0.39, 0.29) is 12.6 Å². The maximum absolute atomic E-state index is 5.79. The zero-order valence-corrected chi connectivity index (χ0v) is 15.0. The fourth-order valence-electron chi connectivity index (χ4n) is 3.68. The molecule has 142 valence electrons. The van der Waals surface area contributed by atoms with Crippen LogP contribution in [0.4, 0.5) is 11.8 Å². The number of rotatable bonds is 4. The Bertz CT molecular complexity index is 815. The lowest BCUT2D eigenvalue weighted by Gasteiger charge is -2.37. The first-order valence-corrected chi connectivity index (χ1v) is 9.28. The number of piperidine rings is 1. The van der Waals surface area contributed by atoms with Gasteiger partial charge in [-0.25, -0.2) is 4.98 Å². The quantitative estimate of drug-likeness (QED) is 0.877. The number of anilines is 2. The molecule has 0 saturated carbocycles. The molecule has 3 aliphatic heterocycles. The SMILES string of the molecule is c1cc(NCc2ccc3c(c2)OCO3)nc(N2CCC3(CC2)OCCO3)n1. The molecule has 1 aromatic heterocycles. The molecule has 0 radical (unpaired) electrons. The minimum atomic E-state index is -0.383. The normalized spacial score (nSPS) is 20.2. The van der Waals surface area contributed by atoms with Crippen LogP contribution in [0.15, 0.2) is 30.5 Å². The molecule has 8 nitrogen and oxygen atoms in total. The van der Waals surface area contributed by atoms with E-state index in [4.69, 9.17) is 18.9 Å². The first kappa shape index (κ1) is 16.6. The standard InChI is InChI=1S/C19H22N4O4/c1-2-15-16(25-13-24-15)11-14(1)12-21-17-3-6-20-18(22-17)23-7-4-19(5-8-23)26-9-10-27-19/h1-3,6,11H,4-5,7-10,12-13H2,(H,20,21,22). The van der Waals surface area contributed by atoms with Gasteiger partial charge in [0, 0.05) is 38.7 Å². The van der Waals surface area contributed by atoms with Crippen LogP contribution in [-0.2, 0) is 16.0 Å². The summed E-state index contributed by atoms with van der Waals surface area (Å²) in [5.74, 6) is 2.73. The molecule has 1 N–H and O–H groups in total. The maximum atomic E-state index is 5.79. The molecule has 1 spiro atoms. The van der Waals surface area contributed by atoms with Gasteiger partial charge >= 0.3 is 0 Å². The number of hydrogen-bond donors (Lipinski definition) is 1. The van der Waals surface area contributed by atoms with Gasteiger partial charge in [0.2, 0.25) is 12.7 Å². The summed E-state index contributed by atoms with van der Waals surface area (Å²) in [7, 11) is 0. The Labute approximate surface area is 157 Å². The zero-order chi connectivity index (χ0) is 18.1. The second-order valence-corrected chi connectivity index (χ2v) is 6.88. The molecule has 0 bridgehead atoms. The van der Waals surface area contributed by atoms with Crippen molar-refractivity contribution >= 4 is 11.8 Å². The highest BCUT2D eigenvalue weighted by atomic mass is 16.7. The van der Waals surface area contributed by atoms with Crippen LogP contribution in [0.5, 0.6) is 11.5 Å². The first-order valence-electron chi connectivity index (χ1n) is 9.28. The third kappa shape index (κ3) is 3.38. The third-order valence-corrected chi connectivity index (χ3v) is 5.18. The number of aromatic nitrogens is 2. The number of nitrogens with one attached hydrogen (secondary N) is 1. The van der Waals surface area contributed by atoms with E-state index >= 15 is 0 Å². The average Bonchev–Trinajstić information content (AvgIpc) is 3.36. The molecule has 2 fully saturated rings. The summed E-state index contributed by atoms with van der Waals surface area (Å²) in [5, 5.41) is 3.36. The van der Waals surface area contributed by atoms with Crippen LogP contribution in [0, 0.1) is 0 Å². The second kappa shape index (κ2) is 6.86. The summed E-state index contributed by atoms with van der Waals surface area (Å²) in [6, 6.07) is 7.82. The molecule has 4 heterocycles. The lowest BCUT2D eigenvalue weighted by atomic mass is 10.0. The summed E-state index contributed by atoms with van der Waals surface area (Å²) in [6.07, 6.45) is 3.47. The number of nitrogens with zero attached hydrogens (tertiary/aromatic N) is 3. The fraction of sp³-hybridized carbons (Fsp3) is 0.474. The van der Waals surface area contributed by atoms with Crippen molar-refractivity contribution in [3.05, 3.63) is 36.0 Å². The van der Waals surface area contributed by atoms with Crippen molar-refractivity contribution in [1.82, 2.24) is 9.97 Å². The average molecular weight is 370 g/mol. The van der Waals surface area contributed by atoms with E-state index in [2.05, 4.69) is 20.2 Å². The van der Waals surface area contributed by atoms with Crippen molar-refractivity contribution in [2.45, 2.75) is 25.2 Å². The van der Waals surface area contributed by atoms with E-state index in [0.717, 1.165) is 54.8 Å². The van der Waals surface area contributed by atoms with Crippen molar-refractivity contribution < 1.29 is 18.9 Å². The summed E-state index contributed by atoms with van der Waals surface area (Å²) < 4.78 is 22.3. The molecule has 8 heteroatoms. The molecule has 3 aliphatic rings. The van der Waals surface area contributed by atoms with Gasteiger partial charge in [-0.15, -0.1) is 0 Å². The van der Waals surface area contributed by atoms with E-state index in [1.165, 1.54) is 0 Å². The van der Waals surface area contributed by atoms with Crippen LogP contribution in [0.2, 0.25) is 0 Å². The molecule has 27 heavy (non-hydrogen) atoms. The van der Waals surface area contributed by atoms with Crippen LogP contribution in [0.3, 0.4) is 0 Å². The Morgan fingerprint density at radius 2 is 1.85 bits per heavy atom. The number of ether oxygens (including phenoxy) is 4. The number of fused-ring (bicyclic) bond motifs is 1. The summed E-state index contributed by atoms with van der Waals surface area (Å²) >= 11 is 0. The maximum Gasteiger partial charge on any atom is 0.231 e. The molecular weight excluding hydrogens is 348 g/mol. The van der Waals surface area contributed by atoms with Crippen LogP contribution < -0.4 is 19.7 Å². The number of hydrogen-bond acceptors (Lipinski definition) is 8. The van der Waals surface area contributed by atoms with E-state index in [1.54, 1.807) is 6.20 Å². The summed E-state index contributed by atoms with van der Waals surface area (Å²) in [4.78, 5) is 11.3. The highest BCUT2D eigenvalue weighted by Gasteiger charge is 2.40. The van der Waals surface area contributed by atoms with Gasteiger partial charge in [0.1, 0.15) is 5.82 Å². The molecule has 0 aliphatic carbocycles. The van der Waals surface area contributed by atoms with Gasteiger partial charge in [0.25, 0.3) is 0 Å². The van der Waals surface area contributed by atoms with Gasteiger partial charge in [-0.1, -0.05) is 6.07 Å². The highest BCUT2D eigenvalue weighted by molar-refractivity contribution is 5.46. The Kier molecular flexibility index (Phi) is 4.21. The molecule has 2 saturated heterocycles. The molecule has 2 aromatic rings. The van der Waals surface area contributed by atoms with Gasteiger partial charge in [-0.2, -0.15) is 4.98 Å². The van der Waals surface area contributed by atoms with Crippen LogP contribution in [0.1, 0.15) is 18.4 Å². The van der Waals surface area contributed by atoms with Crippen LogP contribution in [-0.4, -0.2) is 48.9 Å². The Morgan fingerprint density at radius 1 is 1.04 bits per heavy atom. The summed E-state index contributed by atoms with van der Waals surface area (Å²) in [6.45, 7) is 3.97.